The summed E-state index contributed by atoms with van der Waals surface area (Å²) < 4.78 is 0. The largest absolute Gasteiger partial charge is 0.337 e. The number of carbonyl (C=O) groups is 2. The number of aromatic nitrogens is 1. The molecule has 0 atom stereocenters. The van der Waals surface area contributed by atoms with Gasteiger partial charge in [-0.1, -0.05) is 24.1 Å². The van der Waals surface area contributed by atoms with Crippen molar-refractivity contribution in [2.45, 2.75) is 37.6 Å². The monoisotopic (exact) mass is 450 g/mol. The molecule has 1 aromatic heterocycles. The van der Waals surface area contributed by atoms with E-state index in [4.69, 9.17) is 4.98 Å². The molecule has 168 valence electrons. The Morgan fingerprint density at radius 2 is 1.75 bits per heavy atom. The first kappa shape index (κ1) is 22.5. The van der Waals surface area contributed by atoms with Crippen LogP contribution in [0.15, 0.2) is 35.7 Å². The van der Waals surface area contributed by atoms with Gasteiger partial charge in [0.15, 0.2) is 0 Å². The van der Waals surface area contributed by atoms with Crippen LogP contribution in [0.5, 0.6) is 0 Å². The van der Waals surface area contributed by atoms with Crippen LogP contribution in [0.1, 0.15) is 52.7 Å². The Kier molecular flexibility index (Phi) is 7.23. The summed E-state index contributed by atoms with van der Waals surface area (Å²) in [4.78, 5) is 36.1. The number of hydrogen-bond donors (Lipinski definition) is 0. The zero-order valence-electron chi connectivity index (χ0n) is 18.8. The van der Waals surface area contributed by atoms with Crippen LogP contribution in [0.3, 0.4) is 0 Å². The summed E-state index contributed by atoms with van der Waals surface area (Å²) in [6.45, 7) is 3.39. The van der Waals surface area contributed by atoms with Gasteiger partial charge in [-0.25, -0.2) is 4.98 Å². The molecular formula is C25H30N4O2S. The highest BCUT2D eigenvalue weighted by molar-refractivity contribution is 7.09. The minimum Gasteiger partial charge on any atom is -0.337 e. The van der Waals surface area contributed by atoms with E-state index < -0.39 is 0 Å². The molecule has 2 aliphatic rings. The summed E-state index contributed by atoms with van der Waals surface area (Å²) in [7, 11) is 4.03. The maximum atomic E-state index is 12.9. The predicted octanol–water partition coefficient (Wildman–Crippen LogP) is 3.07. The lowest BCUT2D eigenvalue weighted by Gasteiger charge is -2.34. The van der Waals surface area contributed by atoms with Crippen molar-refractivity contribution >= 4 is 23.2 Å². The van der Waals surface area contributed by atoms with Gasteiger partial charge in [-0.05, 0) is 58.0 Å². The molecule has 0 spiro atoms. The molecule has 3 heterocycles. The number of carbonyl (C=O) groups excluding carboxylic acids is 2. The van der Waals surface area contributed by atoms with Crippen molar-refractivity contribution in [2.24, 2.45) is 0 Å². The van der Waals surface area contributed by atoms with Crippen molar-refractivity contribution in [3.63, 3.8) is 0 Å². The third kappa shape index (κ3) is 5.37. The molecule has 32 heavy (non-hydrogen) atoms. The topological polar surface area (TPSA) is 56.8 Å². The van der Waals surface area contributed by atoms with Crippen molar-refractivity contribution in [3.8, 4) is 11.8 Å². The van der Waals surface area contributed by atoms with E-state index in [0.717, 1.165) is 49.3 Å². The van der Waals surface area contributed by atoms with Crippen LogP contribution in [0.25, 0.3) is 0 Å². The summed E-state index contributed by atoms with van der Waals surface area (Å²) in [5.74, 6) is 5.89. The van der Waals surface area contributed by atoms with Gasteiger partial charge in [-0.15, -0.1) is 11.3 Å². The van der Waals surface area contributed by atoms with Crippen LogP contribution in [0.4, 0.5) is 0 Å². The van der Waals surface area contributed by atoms with Crippen molar-refractivity contribution in [1.82, 2.24) is 19.7 Å². The second-order valence-electron chi connectivity index (χ2n) is 8.70. The summed E-state index contributed by atoms with van der Waals surface area (Å²) in [6.07, 6.45) is 3.72. The lowest BCUT2D eigenvalue weighted by Crippen LogP contribution is -2.44. The highest BCUT2D eigenvalue weighted by Crippen LogP contribution is 2.31. The molecule has 2 aromatic rings. The smallest absolute Gasteiger partial charge is 0.298 e. The molecule has 1 aromatic carbocycles. The van der Waals surface area contributed by atoms with Crippen LogP contribution in [-0.4, -0.2) is 77.8 Å². The summed E-state index contributed by atoms with van der Waals surface area (Å²) in [5.41, 5.74) is 1.40. The zero-order chi connectivity index (χ0) is 22.5. The number of rotatable bonds is 3. The number of nitrogens with zero attached hydrogens (tertiary/aromatic N) is 4. The Hall–Kier alpha value is -2.69. The second kappa shape index (κ2) is 10.3. The minimum atomic E-state index is -0.123. The first-order valence-electron chi connectivity index (χ1n) is 11.3. The number of thiazole rings is 1. The van der Waals surface area contributed by atoms with Gasteiger partial charge < -0.3 is 14.7 Å². The predicted molar refractivity (Wildman–Crippen MR) is 127 cm³/mol. The molecule has 2 saturated heterocycles. The molecule has 0 aliphatic carbocycles. The zero-order valence-corrected chi connectivity index (χ0v) is 19.6. The number of hydrogen-bond acceptors (Lipinski definition) is 5. The second-order valence-corrected chi connectivity index (χ2v) is 9.59. The number of likely N-dealkylation sites (tertiary alicyclic amines) is 2. The summed E-state index contributed by atoms with van der Waals surface area (Å²) in [5, 5.41) is 2.90. The average molecular weight is 451 g/mol. The Labute approximate surface area is 194 Å². The maximum absolute atomic E-state index is 12.9. The van der Waals surface area contributed by atoms with Gasteiger partial charge in [0.25, 0.3) is 11.8 Å². The van der Waals surface area contributed by atoms with Gasteiger partial charge in [-0.3, -0.25) is 9.59 Å². The van der Waals surface area contributed by atoms with Gasteiger partial charge in [0.05, 0.1) is 5.01 Å². The van der Waals surface area contributed by atoms with Crippen LogP contribution in [0, 0.1) is 11.8 Å². The molecule has 7 heteroatoms. The quantitative estimate of drug-likeness (QED) is 0.675. The van der Waals surface area contributed by atoms with E-state index in [1.54, 1.807) is 11.3 Å². The SMILES string of the molecule is CN1CCC(N(C)C(=O)c2csc(C3CCN(C(=O)C#Cc4ccccc4)CC3)n2)CC1. The van der Waals surface area contributed by atoms with Gasteiger partial charge >= 0.3 is 0 Å². The fraction of sp³-hybridized carbons (Fsp3) is 0.480. The highest BCUT2D eigenvalue weighted by atomic mass is 32.1. The van der Waals surface area contributed by atoms with E-state index in [9.17, 15) is 9.59 Å². The van der Waals surface area contributed by atoms with Crippen molar-refractivity contribution in [1.29, 1.82) is 0 Å². The molecular weight excluding hydrogens is 420 g/mol. The molecule has 0 radical (unpaired) electrons. The minimum absolute atomic E-state index is 0.0193. The normalized spacial score (nSPS) is 18.1. The van der Waals surface area contributed by atoms with Gasteiger partial charge in [0, 0.05) is 49.0 Å². The standard InChI is InChI=1S/C25H30N4O2S/c1-27-14-12-21(13-15-27)28(2)25(31)22-18-32-24(26-22)20-10-16-29(17-11-20)23(30)9-8-19-6-4-3-5-7-19/h3-7,18,20-21H,10-17H2,1-2H3. The fourth-order valence-electron chi connectivity index (χ4n) is 4.36. The third-order valence-corrected chi connectivity index (χ3v) is 7.52. The van der Waals surface area contributed by atoms with Crippen LogP contribution < -0.4 is 0 Å². The van der Waals surface area contributed by atoms with E-state index in [0.29, 0.717) is 24.7 Å². The Balaban J connectivity index is 1.30. The Morgan fingerprint density at radius 3 is 2.44 bits per heavy atom. The number of amides is 2. The molecule has 0 saturated carbocycles. The van der Waals surface area contributed by atoms with Gasteiger partial charge in [0.1, 0.15) is 5.69 Å². The van der Waals surface area contributed by atoms with E-state index in [2.05, 4.69) is 23.8 Å². The summed E-state index contributed by atoms with van der Waals surface area (Å²) in [6, 6.07) is 9.85. The van der Waals surface area contributed by atoms with E-state index in [1.165, 1.54) is 0 Å². The van der Waals surface area contributed by atoms with Crippen LogP contribution in [-0.2, 0) is 4.79 Å². The van der Waals surface area contributed by atoms with Crippen LogP contribution >= 0.6 is 11.3 Å². The molecule has 6 nitrogen and oxygen atoms in total. The van der Waals surface area contributed by atoms with Gasteiger partial charge in [0.2, 0.25) is 0 Å². The van der Waals surface area contributed by atoms with E-state index in [1.807, 2.05) is 52.6 Å². The first-order chi connectivity index (χ1) is 15.5. The van der Waals surface area contributed by atoms with Crippen molar-refractivity contribution in [2.75, 3.05) is 40.3 Å². The average Bonchev–Trinajstić information content (AvgIpc) is 3.33. The molecule has 2 amide bonds. The number of benzene rings is 1. The summed E-state index contributed by atoms with van der Waals surface area (Å²) >= 11 is 1.57. The highest BCUT2D eigenvalue weighted by Gasteiger charge is 2.28. The lowest BCUT2D eigenvalue weighted by atomic mass is 9.97. The van der Waals surface area contributed by atoms with Crippen molar-refractivity contribution in [3.05, 3.63) is 52.0 Å². The maximum Gasteiger partial charge on any atom is 0.298 e. The van der Waals surface area contributed by atoms with E-state index in [-0.39, 0.29) is 17.9 Å². The molecule has 0 bridgehead atoms. The Bertz CT molecular complexity index is 994. The molecule has 2 aliphatic heterocycles. The molecule has 2 fully saturated rings. The van der Waals surface area contributed by atoms with Crippen LogP contribution in [0.2, 0.25) is 0 Å². The first-order valence-corrected chi connectivity index (χ1v) is 12.2. The lowest BCUT2D eigenvalue weighted by molar-refractivity contribution is -0.126. The Morgan fingerprint density at radius 1 is 1.06 bits per heavy atom. The fourth-order valence-corrected chi connectivity index (χ4v) is 5.32. The molecule has 0 N–H and O–H groups in total. The third-order valence-electron chi connectivity index (χ3n) is 6.52. The van der Waals surface area contributed by atoms with Crippen molar-refractivity contribution < 1.29 is 9.59 Å². The van der Waals surface area contributed by atoms with E-state index >= 15 is 0 Å². The molecule has 4 rings (SSSR count). The molecule has 0 unspecified atom stereocenters. The van der Waals surface area contributed by atoms with Gasteiger partial charge in [-0.2, -0.15) is 0 Å². The number of piperidine rings is 2.